The molecule has 0 spiro atoms. The number of carboxylic acids is 1. The van der Waals surface area contributed by atoms with Gasteiger partial charge in [-0.1, -0.05) is 13.8 Å². The number of carbonyl (C=O) groups is 5. The SMILES string of the molecule is CC(C)C(NC(=O)C(NC(=O)C(Cc1cnc[nH]1)NC(=O)C(N)CC(N)=O)C(C)O)C(=O)O. The zero-order valence-corrected chi connectivity index (χ0v) is 18.6. The Balaban J connectivity index is 3.03. The zero-order chi connectivity index (χ0) is 25.3. The number of primary amides is 1. The molecule has 0 saturated carbocycles. The largest absolute Gasteiger partial charge is 0.480 e. The first-order valence-corrected chi connectivity index (χ1v) is 10.2. The Hall–Kier alpha value is -3.52. The van der Waals surface area contributed by atoms with Gasteiger partial charge in [0, 0.05) is 18.3 Å². The number of aliphatic carboxylic acids is 1. The smallest absolute Gasteiger partial charge is 0.326 e. The van der Waals surface area contributed by atoms with E-state index in [9.17, 15) is 34.2 Å². The second-order valence-corrected chi connectivity index (χ2v) is 7.91. The summed E-state index contributed by atoms with van der Waals surface area (Å²) in [7, 11) is 0. The van der Waals surface area contributed by atoms with Crippen molar-refractivity contribution in [2.75, 3.05) is 0 Å². The summed E-state index contributed by atoms with van der Waals surface area (Å²) in [5.74, 6) is -5.16. The Labute approximate surface area is 189 Å². The number of rotatable bonds is 13. The molecule has 0 bridgehead atoms. The standard InChI is InChI=1S/C19H31N7O7/c1-8(2)14(19(32)33)25-18(31)15(9(3)27)26-17(30)12(4-10-6-22-7-23-10)24-16(29)11(20)5-13(21)28/h6-9,11-12,14-15,27H,4-5,20H2,1-3H3,(H2,21,28)(H,22,23)(H,24,29)(H,25,31)(H,26,30)(H,32,33). The van der Waals surface area contributed by atoms with E-state index in [1.165, 1.54) is 19.4 Å². The van der Waals surface area contributed by atoms with E-state index in [-0.39, 0.29) is 6.42 Å². The fourth-order valence-corrected chi connectivity index (χ4v) is 2.83. The average Bonchev–Trinajstić information content (AvgIpc) is 3.21. The zero-order valence-electron chi connectivity index (χ0n) is 18.6. The van der Waals surface area contributed by atoms with Gasteiger partial charge in [0.15, 0.2) is 0 Å². The molecule has 1 heterocycles. The van der Waals surface area contributed by atoms with Gasteiger partial charge in [0.25, 0.3) is 0 Å². The third-order valence-electron chi connectivity index (χ3n) is 4.66. The summed E-state index contributed by atoms with van der Waals surface area (Å²) in [6, 6.07) is -5.34. The summed E-state index contributed by atoms with van der Waals surface area (Å²) in [5.41, 5.74) is 11.1. The molecule has 0 aliphatic heterocycles. The van der Waals surface area contributed by atoms with Gasteiger partial charge in [-0.25, -0.2) is 9.78 Å². The van der Waals surface area contributed by atoms with E-state index in [0.717, 1.165) is 0 Å². The molecule has 0 aliphatic rings. The number of nitrogens with two attached hydrogens (primary N) is 2. The van der Waals surface area contributed by atoms with Gasteiger partial charge in [-0.05, 0) is 12.8 Å². The van der Waals surface area contributed by atoms with Crippen molar-refractivity contribution in [3.8, 4) is 0 Å². The number of aromatic nitrogens is 2. The van der Waals surface area contributed by atoms with Gasteiger partial charge >= 0.3 is 5.97 Å². The average molecular weight is 469 g/mol. The topological polar surface area (TPSA) is 243 Å². The number of nitrogens with zero attached hydrogens (tertiary/aromatic N) is 1. The monoisotopic (exact) mass is 469 g/mol. The molecule has 33 heavy (non-hydrogen) atoms. The lowest BCUT2D eigenvalue weighted by molar-refractivity contribution is -0.144. The second-order valence-electron chi connectivity index (χ2n) is 7.91. The molecule has 10 N–H and O–H groups in total. The number of carboxylic acid groups (broad SMARTS) is 1. The Morgan fingerprint density at radius 1 is 1.03 bits per heavy atom. The van der Waals surface area contributed by atoms with Crippen molar-refractivity contribution in [1.29, 1.82) is 0 Å². The van der Waals surface area contributed by atoms with Gasteiger partial charge in [0.2, 0.25) is 23.6 Å². The predicted octanol–water partition coefficient (Wildman–Crippen LogP) is -3.27. The molecule has 0 aliphatic carbocycles. The maximum atomic E-state index is 12.9. The van der Waals surface area contributed by atoms with Crippen LogP contribution in [0.1, 0.15) is 32.9 Å². The third kappa shape index (κ3) is 8.86. The maximum absolute atomic E-state index is 12.9. The summed E-state index contributed by atoms with van der Waals surface area (Å²) < 4.78 is 0. The van der Waals surface area contributed by atoms with Crippen LogP contribution in [-0.4, -0.2) is 80.1 Å². The first kappa shape index (κ1) is 27.5. The van der Waals surface area contributed by atoms with Crippen molar-refractivity contribution in [3.05, 3.63) is 18.2 Å². The number of carbonyl (C=O) groups excluding carboxylic acids is 4. The molecule has 5 unspecified atom stereocenters. The van der Waals surface area contributed by atoms with Crippen molar-refractivity contribution in [2.24, 2.45) is 17.4 Å². The normalized spacial score (nSPS) is 15.6. The second kappa shape index (κ2) is 12.5. The fourth-order valence-electron chi connectivity index (χ4n) is 2.83. The fraction of sp³-hybridized carbons (Fsp3) is 0.579. The van der Waals surface area contributed by atoms with Crippen LogP contribution in [0.25, 0.3) is 0 Å². The summed E-state index contributed by atoms with van der Waals surface area (Å²) in [6.07, 6.45) is 0.841. The third-order valence-corrected chi connectivity index (χ3v) is 4.66. The van der Waals surface area contributed by atoms with Crippen molar-refractivity contribution in [3.63, 3.8) is 0 Å². The van der Waals surface area contributed by atoms with Crippen LogP contribution in [-0.2, 0) is 30.4 Å². The molecule has 184 valence electrons. The van der Waals surface area contributed by atoms with Crippen molar-refractivity contribution in [1.82, 2.24) is 25.9 Å². The van der Waals surface area contributed by atoms with Crippen molar-refractivity contribution < 1.29 is 34.2 Å². The molecular weight excluding hydrogens is 438 g/mol. The minimum atomic E-state index is -1.52. The van der Waals surface area contributed by atoms with Gasteiger partial charge in [-0.2, -0.15) is 0 Å². The Kier molecular flexibility index (Phi) is 10.4. The number of aliphatic hydroxyl groups is 1. The van der Waals surface area contributed by atoms with Crippen LogP contribution in [0.4, 0.5) is 0 Å². The number of aliphatic hydroxyl groups excluding tert-OH is 1. The van der Waals surface area contributed by atoms with Crippen molar-refractivity contribution >= 4 is 29.6 Å². The number of amides is 4. The highest BCUT2D eigenvalue weighted by atomic mass is 16.4. The summed E-state index contributed by atoms with van der Waals surface area (Å²) in [6.45, 7) is 4.40. The number of nitrogens with one attached hydrogen (secondary N) is 4. The Bertz CT molecular complexity index is 842. The molecule has 0 aromatic carbocycles. The predicted molar refractivity (Wildman–Crippen MR) is 114 cm³/mol. The lowest BCUT2D eigenvalue weighted by Gasteiger charge is -2.27. The Morgan fingerprint density at radius 2 is 1.64 bits per heavy atom. The van der Waals surface area contributed by atoms with E-state index in [2.05, 4.69) is 25.9 Å². The molecule has 14 heteroatoms. The van der Waals surface area contributed by atoms with Crippen LogP contribution < -0.4 is 27.4 Å². The summed E-state index contributed by atoms with van der Waals surface area (Å²) >= 11 is 0. The molecule has 1 aromatic rings. The highest BCUT2D eigenvalue weighted by molar-refractivity contribution is 5.95. The van der Waals surface area contributed by atoms with Crippen LogP contribution in [0.5, 0.6) is 0 Å². The van der Waals surface area contributed by atoms with E-state index in [1.807, 2.05) is 0 Å². The molecule has 4 amide bonds. The molecular formula is C19H31N7O7. The van der Waals surface area contributed by atoms with Gasteiger partial charge < -0.3 is 42.6 Å². The van der Waals surface area contributed by atoms with E-state index < -0.39 is 72.2 Å². The highest BCUT2D eigenvalue weighted by Gasteiger charge is 2.33. The number of aromatic amines is 1. The van der Waals surface area contributed by atoms with Gasteiger partial charge in [0.05, 0.1) is 24.9 Å². The summed E-state index contributed by atoms with van der Waals surface area (Å²) in [5, 5.41) is 26.3. The molecule has 1 aromatic heterocycles. The van der Waals surface area contributed by atoms with Gasteiger partial charge in [0.1, 0.15) is 18.1 Å². The van der Waals surface area contributed by atoms with Crippen molar-refractivity contribution in [2.45, 2.75) is 63.9 Å². The van der Waals surface area contributed by atoms with Crippen LogP contribution in [0.2, 0.25) is 0 Å². The molecule has 0 radical (unpaired) electrons. The minimum absolute atomic E-state index is 0.0846. The molecule has 14 nitrogen and oxygen atoms in total. The summed E-state index contributed by atoms with van der Waals surface area (Å²) in [4.78, 5) is 66.8. The molecule has 0 saturated heterocycles. The molecule has 1 rings (SSSR count). The lowest BCUT2D eigenvalue weighted by Crippen LogP contribution is -2.60. The minimum Gasteiger partial charge on any atom is -0.480 e. The Morgan fingerprint density at radius 3 is 2.09 bits per heavy atom. The number of hydrogen-bond donors (Lipinski definition) is 8. The van der Waals surface area contributed by atoms with Crippen LogP contribution >= 0.6 is 0 Å². The van der Waals surface area contributed by atoms with Crippen LogP contribution in [0.3, 0.4) is 0 Å². The van der Waals surface area contributed by atoms with Crippen LogP contribution in [0.15, 0.2) is 12.5 Å². The maximum Gasteiger partial charge on any atom is 0.326 e. The van der Waals surface area contributed by atoms with E-state index in [1.54, 1.807) is 13.8 Å². The molecule has 0 fully saturated rings. The quantitative estimate of drug-likeness (QED) is 0.144. The van der Waals surface area contributed by atoms with E-state index >= 15 is 0 Å². The first-order valence-electron chi connectivity index (χ1n) is 10.2. The van der Waals surface area contributed by atoms with Gasteiger partial charge in [-0.3, -0.25) is 19.2 Å². The molecule has 5 atom stereocenters. The number of imidazole rings is 1. The number of hydrogen-bond acceptors (Lipinski definition) is 8. The van der Waals surface area contributed by atoms with Crippen LogP contribution in [0, 0.1) is 5.92 Å². The van der Waals surface area contributed by atoms with E-state index in [0.29, 0.717) is 5.69 Å². The highest BCUT2D eigenvalue weighted by Crippen LogP contribution is 2.06. The first-order chi connectivity index (χ1) is 15.3. The lowest BCUT2D eigenvalue weighted by atomic mass is 10.0. The number of H-pyrrole nitrogens is 1. The van der Waals surface area contributed by atoms with E-state index in [4.69, 9.17) is 11.5 Å². The van der Waals surface area contributed by atoms with Gasteiger partial charge in [-0.15, -0.1) is 0 Å².